The molecule has 98 valence electrons. The number of carbonyl (C=O) groups excluding carboxylic acids is 1. The third kappa shape index (κ3) is 3.03. The van der Waals surface area contributed by atoms with Gasteiger partial charge in [-0.2, -0.15) is 0 Å². The van der Waals surface area contributed by atoms with Crippen molar-refractivity contribution in [3.05, 3.63) is 29.8 Å². The summed E-state index contributed by atoms with van der Waals surface area (Å²) in [5, 5.41) is 0. The van der Waals surface area contributed by atoms with Gasteiger partial charge in [-0.25, -0.2) is 4.79 Å². The largest absolute Gasteiger partial charge is 0.496 e. The van der Waals surface area contributed by atoms with Crippen molar-refractivity contribution in [3.63, 3.8) is 0 Å². The standard InChI is InChI=1S/C15H20O3/c1-3-11-10-12(11)8-9-18-15(16)13-6-4-5-7-14(13)17-2/h4-7,11-12H,3,8-10H2,1-2H3. The highest BCUT2D eigenvalue weighted by molar-refractivity contribution is 5.92. The van der Waals surface area contributed by atoms with Crippen molar-refractivity contribution < 1.29 is 14.3 Å². The Labute approximate surface area is 108 Å². The zero-order valence-electron chi connectivity index (χ0n) is 11.0. The zero-order chi connectivity index (χ0) is 13.0. The Morgan fingerprint density at radius 1 is 1.33 bits per heavy atom. The van der Waals surface area contributed by atoms with Crippen molar-refractivity contribution in [3.8, 4) is 5.75 Å². The van der Waals surface area contributed by atoms with Crippen LogP contribution in [0.1, 0.15) is 36.5 Å². The van der Waals surface area contributed by atoms with Crippen LogP contribution < -0.4 is 4.74 Å². The molecule has 0 heterocycles. The summed E-state index contributed by atoms with van der Waals surface area (Å²) in [6.07, 6.45) is 3.52. The summed E-state index contributed by atoms with van der Waals surface area (Å²) in [6, 6.07) is 7.15. The molecule has 3 nitrogen and oxygen atoms in total. The molecule has 2 rings (SSSR count). The molecule has 0 radical (unpaired) electrons. The van der Waals surface area contributed by atoms with Crippen LogP contribution in [0.25, 0.3) is 0 Å². The smallest absolute Gasteiger partial charge is 0.341 e. The van der Waals surface area contributed by atoms with Crippen LogP contribution in [0, 0.1) is 11.8 Å². The Hall–Kier alpha value is -1.51. The molecule has 1 aromatic carbocycles. The molecule has 18 heavy (non-hydrogen) atoms. The molecule has 0 N–H and O–H groups in total. The van der Waals surface area contributed by atoms with Gasteiger partial charge in [-0.05, 0) is 36.8 Å². The van der Waals surface area contributed by atoms with Crippen molar-refractivity contribution in [2.45, 2.75) is 26.2 Å². The van der Waals surface area contributed by atoms with E-state index in [9.17, 15) is 4.79 Å². The highest BCUT2D eigenvalue weighted by Crippen LogP contribution is 2.43. The molecule has 1 fully saturated rings. The van der Waals surface area contributed by atoms with Crippen molar-refractivity contribution in [2.24, 2.45) is 11.8 Å². The van der Waals surface area contributed by atoms with E-state index in [1.54, 1.807) is 19.2 Å². The van der Waals surface area contributed by atoms with E-state index in [1.807, 2.05) is 12.1 Å². The second kappa shape index (κ2) is 5.89. The van der Waals surface area contributed by atoms with Gasteiger partial charge in [0.25, 0.3) is 0 Å². The highest BCUT2D eigenvalue weighted by atomic mass is 16.5. The van der Waals surface area contributed by atoms with Crippen molar-refractivity contribution in [1.82, 2.24) is 0 Å². The molecule has 0 amide bonds. The summed E-state index contributed by atoms with van der Waals surface area (Å²) in [6.45, 7) is 2.73. The van der Waals surface area contributed by atoms with E-state index < -0.39 is 0 Å². The molecule has 1 saturated carbocycles. The summed E-state index contributed by atoms with van der Waals surface area (Å²) in [7, 11) is 1.56. The molecule has 0 saturated heterocycles. The van der Waals surface area contributed by atoms with Gasteiger partial charge in [0, 0.05) is 0 Å². The Morgan fingerprint density at radius 3 is 2.78 bits per heavy atom. The molecule has 0 spiro atoms. The second-order valence-corrected chi connectivity index (χ2v) is 4.79. The van der Waals surface area contributed by atoms with E-state index in [0.717, 1.165) is 18.3 Å². The lowest BCUT2D eigenvalue weighted by molar-refractivity contribution is 0.0489. The molecule has 0 bridgehead atoms. The topological polar surface area (TPSA) is 35.5 Å². The fourth-order valence-electron chi connectivity index (χ4n) is 2.36. The number of benzene rings is 1. The summed E-state index contributed by atoms with van der Waals surface area (Å²) in [4.78, 5) is 11.9. The van der Waals surface area contributed by atoms with Gasteiger partial charge in [-0.1, -0.05) is 25.5 Å². The minimum atomic E-state index is -0.291. The van der Waals surface area contributed by atoms with Gasteiger partial charge in [0.15, 0.2) is 0 Å². The van der Waals surface area contributed by atoms with Crippen LogP contribution in [-0.4, -0.2) is 19.7 Å². The number of esters is 1. The van der Waals surface area contributed by atoms with E-state index in [0.29, 0.717) is 17.9 Å². The predicted octanol–water partition coefficient (Wildman–Crippen LogP) is 3.29. The van der Waals surface area contributed by atoms with Crippen LogP contribution in [0.3, 0.4) is 0 Å². The van der Waals surface area contributed by atoms with Gasteiger partial charge in [-0.15, -0.1) is 0 Å². The summed E-state index contributed by atoms with van der Waals surface area (Å²) in [5.74, 6) is 1.90. The van der Waals surface area contributed by atoms with Gasteiger partial charge < -0.3 is 9.47 Å². The van der Waals surface area contributed by atoms with Crippen LogP contribution in [-0.2, 0) is 4.74 Å². The monoisotopic (exact) mass is 248 g/mol. The van der Waals surface area contributed by atoms with E-state index in [4.69, 9.17) is 9.47 Å². The minimum Gasteiger partial charge on any atom is -0.496 e. The predicted molar refractivity (Wildman–Crippen MR) is 69.8 cm³/mol. The van der Waals surface area contributed by atoms with Crippen LogP contribution in [0.2, 0.25) is 0 Å². The maximum atomic E-state index is 11.9. The van der Waals surface area contributed by atoms with Crippen LogP contribution in [0.15, 0.2) is 24.3 Å². The van der Waals surface area contributed by atoms with Crippen molar-refractivity contribution in [2.75, 3.05) is 13.7 Å². The summed E-state index contributed by atoms with van der Waals surface area (Å²) < 4.78 is 10.4. The first-order valence-electron chi connectivity index (χ1n) is 6.56. The lowest BCUT2D eigenvalue weighted by atomic mass is 10.2. The van der Waals surface area contributed by atoms with E-state index in [-0.39, 0.29) is 5.97 Å². The maximum Gasteiger partial charge on any atom is 0.341 e. The van der Waals surface area contributed by atoms with E-state index >= 15 is 0 Å². The number of carbonyl (C=O) groups is 1. The number of hydrogen-bond donors (Lipinski definition) is 0. The molecular weight excluding hydrogens is 228 g/mol. The maximum absolute atomic E-state index is 11.9. The Morgan fingerprint density at radius 2 is 2.11 bits per heavy atom. The first-order valence-corrected chi connectivity index (χ1v) is 6.56. The van der Waals surface area contributed by atoms with Crippen molar-refractivity contribution >= 4 is 5.97 Å². The van der Waals surface area contributed by atoms with Crippen molar-refractivity contribution in [1.29, 1.82) is 0 Å². The third-order valence-electron chi connectivity index (χ3n) is 3.64. The third-order valence-corrected chi connectivity index (χ3v) is 3.64. The number of ether oxygens (including phenoxy) is 2. The van der Waals surface area contributed by atoms with E-state index in [2.05, 4.69) is 6.92 Å². The van der Waals surface area contributed by atoms with E-state index in [1.165, 1.54) is 12.8 Å². The molecule has 1 aromatic rings. The Balaban J connectivity index is 1.80. The normalized spacial score (nSPS) is 21.4. The molecule has 3 heteroatoms. The average molecular weight is 248 g/mol. The van der Waals surface area contributed by atoms with Gasteiger partial charge >= 0.3 is 5.97 Å². The minimum absolute atomic E-state index is 0.291. The fraction of sp³-hybridized carbons (Fsp3) is 0.533. The molecule has 2 unspecified atom stereocenters. The molecule has 0 aliphatic heterocycles. The number of para-hydroxylation sites is 1. The molecule has 1 aliphatic carbocycles. The lowest BCUT2D eigenvalue weighted by Gasteiger charge is -2.08. The number of methoxy groups -OCH3 is 1. The Kier molecular flexibility index (Phi) is 4.24. The number of hydrogen-bond acceptors (Lipinski definition) is 3. The molecular formula is C15H20O3. The quantitative estimate of drug-likeness (QED) is 0.725. The van der Waals surface area contributed by atoms with Crippen LogP contribution >= 0.6 is 0 Å². The van der Waals surface area contributed by atoms with Crippen LogP contribution in [0.5, 0.6) is 5.75 Å². The van der Waals surface area contributed by atoms with Gasteiger partial charge in [-0.3, -0.25) is 0 Å². The fourth-order valence-corrected chi connectivity index (χ4v) is 2.36. The number of rotatable bonds is 6. The van der Waals surface area contributed by atoms with Crippen LogP contribution in [0.4, 0.5) is 0 Å². The zero-order valence-corrected chi connectivity index (χ0v) is 11.0. The first-order chi connectivity index (χ1) is 8.76. The molecule has 2 atom stereocenters. The lowest BCUT2D eigenvalue weighted by Crippen LogP contribution is -2.08. The van der Waals surface area contributed by atoms with Gasteiger partial charge in [0.1, 0.15) is 11.3 Å². The molecule has 1 aliphatic rings. The first kappa shape index (κ1) is 12.9. The van der Waals surface area contributed by atoms with Gasteiger partial charge in [0.2, 0.25) is 0 Å². The average Bonchev–Trinajstić information content (AvgIpc) is 3.17. The Bertz CT molecular complexity index is 414. The summed E-state index contributed by atoms with van der Waals surface area (Å²) >= 11 is 0. The summed E-state index contributed by atoms with van der Waals surface area (Å²) in [5.41, 5.74) is 0.503. The highest BCUT2D eigenvalue weighted by Gasteiger charge is 2.34. The SMILES string of the molecule is CCC1CC1CCOC(=O)c1ccccc1OC. The second-order valence-electron chi connectivity index (χ2n) is 4.79. The van der Waals surface area contributed by atoms with Gasteiger partial charge in [0.05, 0.1) is 13.7 Å². The molecule has 0 aromatic heterocycles.